The number of nitrogens with one attached hydrogen (secondary N) is 1. The number of carbonyl (C=O) groups is 1. The molecule has 7 heteroatoms. The number of nitrogens with zero attached hydrogens (tertiary/aromatic N) is 2. The van der Waals surface area contributed by atoms with Crippen LogP contribution in [0.15, 0.2) is 36.4 Å². The van der Waals surface area contributed by atoms with Crippen LogP contribution in [0.5, 0.6) is 17.2 Å². The van der Waals surface area contributed by atoms with Crippen molar-refractivity contribution in [1.29, 1.82) is 0 Å². The molecular weight excluding hydrogens is 382 g/mol. The third kappa shape index (κ3) is 4.16. The second-order valence-corrected chi connectivity index (χ2v) is 7.80. The number of fused-ring (bicyclic) bond motifs is 1. The maximum atomic E-state index is 12.9. The van der Waals surface area contributed by atoms with Gasteiger partial charge in [0.25, 0.3) is 5.91 Å². The van der Waals surface area contributed by atoms with Crippen molar-refractivity contribution in [3.05, 3.63) is 47.5 Å². The third-order valence-electron chi connectivity index (χ3n) is 5.83. The van der Waals surface area contributed by atoms with Crippen molar-refractivity contribution >= 4 is 11.6 Å². The molecule has 2 aromatic carbocycles. The number of piperazine rings is 1. The molecule has 2 aliphatic heterocycles. The highest BCUT2D eigenvalue weighted by Crippen LogP contribution is 2.34. The van der Waals surface area contributed by atoms with Gasteiger partial charge >= 0.3 is 0 Å². The Bertz CT molecular complexity index is 909. The summed E-state index contributed by atoms with van der Waals surface area (Å²) in [5.41, 5.74) is 2.86. The molecule has 4 rings (SSSR count). The van der Waals surface area contributed by atoms with Crippen LogP contribution in [-0.4, -0.2) is 70.9 Å². The first-order valence-electron chi connectivity index (χ1n) is 10.3. The Morgan fingerprint density at radius 2 is 1.90 bits per heavy atom. The lowest BCUT2D eigenvalue weighted by atomic mass is 9.99. The van der Waals surface area contributed by atoms with Gasteiger partial charge in [-0.05, 0) is 31.3 Å². The molecule has 1 amide bonds. The zero-order chi connectivity index (χ0) is 21.1. The van der Waals surface area contributed by atoms with Crippen LogP contribution in [0, 0.1) is 0 Å². The quantitative estimate of drug-likeness (QED) is 0.814. The molecule has 0 aromatic heterocycles. The summed E-state index contributed by atoms with van der Waals surface area (Å²) in [7, 11) is 5.29. The topological polar surface area (TPSA) is 63.3 Å². The molecule has 1 saturated heterocycles. The number of benzene rings is 2. The molecule has 0 aliphatic carbocycles. The molecule has 0 spiro atoms. The van der Waals surface area contributed by atoms with E-state index in [1.165, 1.54) is 11.3 Å². The predicted molar refractivity (Wildman–Crippen MR) is 116 cm³/mol. The van der Waals surface area contributed by atoms with E-state index in [2.05, 4.69) is 28.2 Å². The number of methoxy groups -OCH3 is 2. The van der Waals surface area contributed by atoms with Gasteiger partial charge in [0.1, 0.15) is 23.9 Å². The minimum absolute atomic E-state index is 0.106. The molecule has 30 heavy (non-hydrogen) atoms. The Hall–Kier alpha value is -2.93. The van der Waals surface area contributed by atoms with Crippen LogP contribution in [-0.2, 0) is 6.42 Å². The highest BCUT2D eigenvalue weighted by Gasteiger charge is 2.27. The lowest BCUT2D eigenvalue weighted by molar-refractivity contribution is 0.0912. The monoisotopic (exact) mass is 411 g/mol. The highest BCUT2D eigenvalue weighted by atomic mass is 16.5. The van der Waals surface area contributed by atoms with Crippen molar-refractivity contribution < 1.29 is 19.0 Å². The molecule has 1 N–H and O–H groups in total. The first-order chi connectivity index (χ1) is 14.6. The average Bonchev–Trinajstić information content (AvgIpc) is 2.78. The van der Waals surface area contributed by atoms with Gasteiger partial charge in [-0.1, -0.05) is 6.07 Å². The summed E-state index contributed by atoms with van der Waals surface area (Å²) in [4.78, 5) is 17.7. The lowest BCUT2D eigenvalue weighted by Crippen LogP contribution is -2.46. The van der Waals surface area contributed by atoms with E-state index in [9.17, 15) is 4.79 Å². The average molecular weight is 412 g/mol. The maximum Gasteiger partial charge on any atom is 0.255 e. The van der Waals surface area contributed by atoms with Gasteiger partial charge in [0.05, 0.1) is 25.8 Å². The van der Waals surface area contributed by atoms with Gasteiger partial charge in [-0.3, -0.25) is 4.79 Å². The Morgan fingerprint density at radius 1 is 1.10 bits per heavy atom. The van der Waals surface area contributed by atoms with E-state index >= 15 is 0 Å². The van der Waals surface area contributed by atoms with E-state index in [-0.39, 0.29) is 11.9 Å². The number of carbonyl (C=O) groups excluding carboxylic acids is 1. The summed E-state index contributed by atoms with van der Waals surface area (Å²) in [5.74, 6) is 1.87. The van der Waals surface area contributed by atoms with Crippen LogP contribution in [0.4, 0.5) is 5.69 Å². The number of likely N-dealkylation sites (N-methyl/N-ethyl adjacent to an activating group) is 1. The number of hydrogen-bond donors (Lipinski definition) is 1. The fourth-order valence-electron chi connectivity index (χ4n) is 4.08. The van der Waals surface area contributed by atoms with E-state index in [0.717, 1.165) is 38.3 Å². The van der Waals surface area contributed by atoms with Gasteiger partial charge in [0, 0.05) is 49.9 Å². The van der Waals surface area contributed by atoms with Gasteiger partial charge in [0.2, 0.25) is 0 Å². The second-order valence-electron chi connectivity index (χ2n) is 7.80. The minimum Gasteiger partial charge on any atom is -0.497 e. The molecular formula is C23H29N3O4. The van der Waals surface area contributed by atoms with E-state index in [1.807, 2.05) is 12.1 Å². The normalized spacial score (nSPS) is 18.9. The number of hydrogen-bond acceptors (Lipinski definition) is 6. The molecule has 0 saturated carbocycles. The molecule has 2 aromatic rings. The van der Waals surface area contributed by atoms with Gasteiger partial charge in [-0.2, -0.15) is 0 Å². The maximum absolute atomic E-state index is 12.9. The van der Waals surface area contributed by atoms with Crippen molar-refractivity contribution in [2.24, 2.45) is 0 Å². The zero-order valence-electron chi connectivity index (χ0n) is 17.8. The summed E-state index contributed by atoms with van der Waals surface area (Å²) in [6.07, 6.45) is 0.738. The van der Waals surface area contributed by atoms with Crippen LogP contribution < -0.4 is 24.4 Å². The Morgan fingerprint density at radius 3 is 2.63 bits per heavy atom. The molecule has 1 fully saturated rings. The molecule has 0 bridgehead atoms. The summed E-state index contributed by atoms with van der Waals surface area (Å²) < 4.78 is 16.6. The van der Waals surface area contributed by atoms with Crippen LogP contribution in [0.3, 0.4) is 0 Å². The fraction of sp³-hybridized carbons (Fsp3) is 0.435. The molecule has 160 valence electrons. The first kappa shape index (κ1) is 20.3. The van der Waals surface area contributed by atoms with Gasteiger partial charge in [-0.15, -0.1) is 0 Å². The van der Waals surface area contributed by atoms with Crippen molar-refractivity contribution in [2.45, 2.75) is 12.5 Å². The number of ether oxygens (including phenoxy) is 3. The third-order valence-corrected chi connectivity index (χ3v) is 5.83. The van der Waals surface area contributed by atoms with Crippen LogP contribution in [0.2, 0.25) is 0 Å². The minimum atomic E-state index is -0.177. The Kier molecular flexibility index (Phi) is 5.99. The van der Waals surface area contributed by atoms with Gasteiger partial charge in [-0.25, -0.2) is 0 Å². The SMILES string of the molecule is COc1ccc(C(=O)NC2COc3cccc(N4CCN(C)CC4)c3C2)c(OC)c1. The standard InChI is InChI=1S/C23H29N3O4/c1-25-9-11-26(12-10-25)20-5-4-6-21-19(20)13-16(15-30-21)24-23(27)18-8-7-17(28-2)14-22(18)29-3/h4-8,14,16H,9-13,15H2,1-3H3,(H,24,27). The first-order valence-corrected chi connectivity index (χ1v) is 10.3. The van der Waals surface area contributed by atoms with E-state index in [0.29, 0.717) is 23.7 Å². The largest absolute Gasteiger partial charge is 0.497 e. The van der Waals surface area contributed by atoms with Gasteiger partial charge in [0.15, 0.2) is 0 Å². The fourth-order valence-corrected chi connectivity index (χ4v) is 4.08. The number of rotatable bonds is 5. The summed E-state index contributed by atoms with van der Waals surface area (Å²) >= 11 is 0. The Labute approximate surface area is 177 Å². The molecule has 2 heterocycles. The van der Waals surface area contributed by atoms with E-state index in [4.69, 9.17) is 14.2 Å². The summed E-state index contributed by atoms with van der Waals surface area (Å²) in [5, 5.41) is 3.11. The van der Waals surface area contributed by atoms with Crippen molar-refractivity contribution in [3.63, 3.8) is 0 Å². The predicted octanol–water partition coefficient (Wildman–Crippen LogP) is 2.19. The van der Waals surface area contributed by atoms with Crippen LogP contribution in [0.1, 0.15) is 15.9 Å². The summed E-state index contributed by atoms with van der Waals surface area (Å²) in [6.45, 7) is 4.52. The molecule has 1 atom stereocenters. The molecule has 7 nitrogen and oxygen atoms in total. The highest BCUT2D eigenvalue weighted by molar-refractivity contribution is 5.97. The number of anilines is 1. The smallest absolute Gasteiger partial charge is 0.255 e. The lowest BCUT2D eigenvalue weighted by Gasteiger charge is -2.37. The second kappa shape index (κ2) is 8.83. The van der Waals surface area contributed by atoms with Crippen LogP contribution >= 0.6 is 0 Å². The molecule has 2 aliphatic rings. The molecule has 1 unspecified atom stereocenters. The zero-order valence-corrected chi connectivity index (χ0v) is 17.8. The van der Waals surface area contributed by atoms with Crippen molar-refractivity contribution in [2.75, 3.05) is 59.0 Å². The van der Waals surface area contributed by atoms with Crippen molar-refractivity contribution in [1.82, 2.24) is 10.2 Å². The van der Waals surface area contributed by atoms with Crippen LogP contribution in [0.25, 0.3) is 0 Å². The van der Waals surface area contributed by atoms with Crippen molar-refractivity contribution in [3.8, 4) is 17.2 Å². The Balaban J connectivity index is 1.50. The van der Waals surface area contributed by atoms with Gasteiger partial charge < -0.3 is 29.3 Å². The summed E-state index contributed by atoms with van der Waals surface area (Å²) in [6, 6.07) is 11.3. The molecule has 0 radical (unpaired) electrons. The number of amides is 1. The van der Waals surface area contributed by atoms with E-state index in [1.54, 1.807) is 32.4 Å². The van der Waals surface area contributed by atoms with E-state index < -0.39 is 0 Å².